The fraction of sp³-hybridized carbons (Fsp3) is 0.833. The summed E-state index contributed by atoms with van der Waals surface area (Å²) in [5.74, 6) is 1.94. The highest BCUT2D eigenvalue weighted by Crippen LogP contribution is 2.24. The van der Waals surface area contributed by atoms with Gasteiger partial charge in [-0.15, -0.1) is 0 Å². The van der Waals surface area contributed by atoms with Crippen LogP contribution in [-0.4, -0.2) is 70.8 Å². The molecular weight excluding hydrogens is 288 g/mol. The van der Waals surface area contributed by atoms with Gasteiger partial charge in [0.05, 0.1) is 13.2 Å². The van der Waals surface area contributed by atoms with E-state index in [0.717, 1.165) is 44.6 Å². The predicted molar refractivity (Wildman–Crippen MR) is 92.6 cm³/mol. The zero-order valence-electron chi connectivity index (χ0n) is 15.0. The van der Waals surface area contributed by atoms with Gasteiger partial charge in [0.25, 0.3) is 0 Å². The van der Waals surface area contributed by atoms with E-state index < -0.39 is 0 Å². The standard InChI is InChI=1S/C18H32N4O/c1-16-19-6-9-21(16)14-17-4-7-20(8-5-17)15-18(2,3)22-10-12-23-13-11-22/h6,9,17H,4-5,7-8,10-15H2,1-3H3. The fourth-order valence-electron chi connectivity index (χ4n) is 4.02. The number of ether oxygens (including phenoxy) is 1. The topological polar surface area (TPSA) is 33.5 Å². The first kappa shape index (κ1) is 16.9. The molecule has 0 radical (unpaired) electrons. The Kier molecular flexibility index (Phi) is 5.39. The maximum absolute atomic E-state index is 5.50. The molecule has 2 aliphatic heterocycles. The van der Waals surface area contributed by atoms with Crippen LogP contribution in [-0.2, 0) is 11.3 Å². The molecule has 1 aromatic rings. The van der Waals surface area contributed by atoms with Crippen LogP contribution in [0, 0.1) is 12.8 Å². The molecule has 3 heterocycles. The Labute approximate surface area is 140 Å². The van der Waals surface area contributed by atoms with Crippen molar-refractivity contribution in [1.29, 1.82) is 0 Å². The van der Waals surface area contributed by atoms with Crippen molar-refractivity contribution in [3.05, 3.63) is 18.2 Å². The molecule has 0 saturated carbocycles. The summed E-state index contributed by atoms with van der Waals surface area (Å²) in [6, 6.07) is 0. The van der Waals surface area contributed by atoms with Gasteiger partial charge in [0.1, 0.15) is 5.82 Å². The summed E-state index contributed by atoms with van der Waals surface area (Å²) in [6.45, 7) is 15.5. The summed E-state index contributed by atoms with van der Waals surface area (Å²) in [7, 11) is 0. The van der Waals surface area contributed by atoms with Crippen LogP contribution in [0.4, 0.5) is 0 Å². The molecule has 23 heavy (non-hydrogen) atoms. The lowest BCUT2D eigenvalue weighted by molar-refractivity contribution is -0.0250. The quantitative estimate of drug-likeness (QED) is 0.831. The molecule has 0 bridgehead atoms. The number of likely N-dealkylation sites (tertiary alicyclic amines) is 1. The molecule has 3 rings (SSSR count). The first-order chi connectivity index (χ1) is 11.0. The minimum atomic E-state index is 0.248. The van der Waals surface area contributed by atoms with Gasteiger partial charge in [-0.1, -0.05) is 0 Å². The Morgan fingerprint density at radius 2 is 1.87 bits per heavy atom. The SMILES string of the molecule is Cc1nccn1CC1CCN(CC(C)(C)N2CCOCC2)CC1. The lowest BCUT2D eigenvalue weighted by Gasteiger charge is -2.45. The molecule has 0 aliphatic carbocycles. The van der Waals surface area contributed by atoms with E-state index in [1.807, 2.05) is 6.20 Å². The minimum Gasteiger partial charge on any atom is -0.379 e. The summed E-state index contributed by atoms with van der Waals surface area (Å²) < 4.78 is 7.80. The average Bonchev–Trinajstić information content (AvgIpc) is 2.95. The highest BCUT2D eigenvalue weighted by atomic mass is 16.5. The third-order valence-corrected chi connectivity index (χ3v) is 5.56. The second-order valence-corrected chi connectivity index (χ2v) is 7.76. The Hall–Kier alpha value is -0.910. The summed E-state index contributed by atoms with van der Waals surface area (Å²) in [6.07, 6.45) is 6.63. The summed E-state index contributed by atoms with van der Waals surface area (Å²) in [5.41, 5.74) is 0.248. The van der Waals surface area contributed by atoms with Gasteiger partial charge in [-0.25, -0.2) is 4.98 Å². The monoisotopic (exact) mass is 320 g/mol. The number of nitrogens with zero attached hydrogens (tertiary/aromatic N) is 4. The molecule has 0 N–H and O–H groups in total. The Morgan fingerprint density at radius 1 is 1.17 bits per heavy atom. The summed E-state index contributed by atoms with van der Waals surface area (Å²) in [5, 5.41) is 0. The molecule has 0 unspecified atom stereocenters. The van der Waals surface area contributed by atoms with Crippen LogP contribution >= 0.6 is 0 Å². The molecule has 2 aliphatic rings. The number of morpholine rings is 1. The van der Waals surface area contributed by atoms with Gasteiger partial charge in [0, 0.05) is 44.1 Å². The number of rotatable bonds is 5. The fourth-order valence-corrected chi connectivity index (χ4v) is 4.02. The molecule has 5 nitrogen and oxygen atoms in total. The third-order valence-electron chi connectivity index (χ3n) is 5.56. The van der Waals surface area contributed by atoms with Crippen molar-refractivity contribution in [3.63, 3.8) is 0 Å². The maximum Gasteiger partial charge on any atom is 0.105 e. The average molecular weight is 320 g/mol. The van der Waals surface area contributed by atoms with E-state index in [2.05, 4.69) is 46.3 Å². The van der Waals surface area contributed by atoms with Gasteiger partial charge in [-0.2, -0.15) is 0 Å². The summed E-state index contributed by atoms with van der Waals surface area (Å²) in [4.78, 5) is 9.59. The van der Waals surface area contributed by atoms with Gasteiger partial charge < -0.3 is 14.2 Å². The van der Waals surface area contributed by atoms with E-state index in [9.17, 15) is 0 Å². The largest absolute Gasteiger partial charge is 0.379 e. The molecule has 0 spiro atoms. The van der Waals surface area contributed by atoms with Gasteiger partial charge >= 0.3 is 0 Å². The van der Waals surface area contributed by atoms with Crippen molar-refractivity contribution in [2.45, 2.75) is 45.7 Å². The van der Waals surface area contributed by atoms with Gasteiger partial charge in [-0.3, -0.25) is 4.90 Å². The van der Waals surface area contributed by atoms with Crippen LogP contribution in [0.25, 0.3) is 0 Å². The summed E-state index contributed by atoms with van der Waals surface area (Å²) >= 11 is 0. The lowest BCUT2D eigenvalue weighted by Crippen LogP contribution is -2.56. The molecule has 2 fully saturated rings. The van der Waals surface area contributed by atoms with Crippen LogP contribution in [0.1, 0.15) is 32.5 Å². The second-order valence-electron chi connectivity index (χ2n) is 7.76. The van der Waals surface area contributed by atoms with E-state index in [1.54, 1.807) is 0 Å². The van der Waals surface area contributed by atoms with Crippen molar-refractivity contribution in [2.24, 2.45) is 5.92 Å². The molecular formula is C18H32N4O. The zero-order chi connectivity index (χ0) is 16.3. The minimum absolute atomic E-state index is 0.248. The number of piperidine rings is 1. The number of aromatic nitrogens is 2. The van der Waals surface area contributed by atoms with Crippen LogP contribution in [0.5, 0.6) is 0 Å². The Balaban J connectivity index is 1.46. The zero-order valence-corrected chi connectivity index (χ0v) is 15.0. The Bertz CT molecular complexity index is 485. The van der Waals surface area contributed by atoms with Crippen molar-refractivity contribution in [3.8, 4) is 0 Å². The third kappa shape index (κ3) is 4.34. The van der Waals surface area contributed by atoms with E-state index >= 15 is 0 Å². The smallest absolute Gasteiger partial charge is 0.105 e. The van der Waals surface area contributed by atoms with Crippen molar-refractivity contribution >= 4 is 0 Å². The van der Waals surface area contributed by atoms with E-state index in [1.165, 1.54) is 32.5 Å². The molecule has 0 amide bonds. The maximum atomic E-state index is 5.50. The first-order valence-corrected chi connectivity index (χ1v) is 9.07. The van der Waals surface area contributed by atoms with Crippen LogP contribution in [0.3, 0.4) is 0 Å². The molecule has 0 aromatic carbocycles. The molecule has 0 atom stereocenters. The van der Waals surface area contributed by atoms with Gasteiger partial charge in [0.15, 0.2) is 0 Å². The van der Waals surface area contributed by atoms with Crippen LogP contribution < -0.4 is 0 Å². The van der Waals surface area contributed by atoms with E-state index in [4.69, 9.17) is 4.74 Å². The number of hydrogen-bond acceptors (Lipinski definition) is 4. The van der Waals surface area contributed by atoms with Crippen molar-refractivity contribution in [2.75, 3.05) is 45.9 Å². The normalized spacial score (nSPS) is 22.6. The van der Waals surface area contributed by atoms with Crippen molar-refractivity contribution < 1.29 is 4.74 Å². The highest BCUT2D eigenvalue weighted by molar-refractivity contribution is 4.91. The predicted octanol–water partition coefficient (Wildman–Crippen LogP) is 2.01. The second kappa shape index (κ2) is 7.32. The molecule has 2 saturated heterocycles. The number of imidazole rings is 1. The number of hydrogen-bond donors (Lipinski definition) is 0. The van der Waals surface area contributed by atoms with Crippen LogP contribution in [0.2, 0.25) is 0 Å². The number of aryl methyl sites for hydroxylation is 1. The highest BCUT2D eigenvalue weighted by Gasteiger charge is 2.31. The first-order valence-electron chi connectivity index (χ1n) is 9.07. The molecule has 130 valence electrons. The Morgan fingerprint density at radius 3 is 2.48 bits per heavy atom. The van der Waals surface area contributed by atoms with Crippen LogP contribution in [0.15, 0.2) is 12.4 Å². The van der Waals surface area contributed by atoms with E-state index in [-0.39, 0.29) is 5.54 Å². The van der Waals surface area contributed by atoms with E-state index in [0.29, 0.717) is 0 Å². The molecule has 1 aromatic heterocycles. The lowest BCUT2D eigenvalue weighted by atomic mass is 9.94. The van der Waals surface area contributed by atoms with Crippen molar-refractivity contribution in [1.82, 2.24) is 19.4 Å². The molecule has 5 heteroatoms. The van der Waals surface area contributed by atoms with Gasteiger partial charge in [0.2, 0.25) is 0 Å². The van der Waals surface area contributed by atoms with Gasteiger partial charge in [-0.05, 0) is 52.6 Å².